The summed E-state index contributed by atoms with van der Waals surface area (Å²) in [5.41, 5.74) is 6.15. The number of rotatable bonds is 1. The van der Waals surface area contributed by atoms with Gasteiger partial charge in [0, 0.05) is 12.6 Å². The van der Waals surface area contributed by atoms with E-state index in [4.69, 9.17) is 5.73 Å². The molecule has 1 atom stereocenters. The minimum atomic E-state index is 0.418. The Balaban J connectivity index is 2.64. The van der Waals surface area contributed by atoms with Crippen molar-refractivity contribution in [2.75, 3.05) is 20.1 Å². The highest BCUT2D eigenvalue weighted by Crippen LogP contribution is 2.33. The van der Waals surface area contributed by atoms with Crippen molar-refractivity contribution in [2.45, 2.75) is 32.7 Å². The number of hydrogen-bond donors (Lipinski definition) is 1. The smallest absolute Gasteiger partial charge is 0.0266 e. The van der Waals surface area contributed by atoms with Crippen molar-refractivity contribution in [1.29, 1.82) is 0 Å². The molecule has 2 N–H and O–H groups in total. The molecule has 0 saturated carbocycles. The Morgan fingerprint density at radius 2 is 2.18 bits per heavy atom. The second-order valence-electron chi connectivity index (χ2n) is 4.32. The van der Waals surface area contributed by atoms with Gasteiger partial charge in [0.15, 0.2) is 0 Å². The number of likely N-dealkylation sites (tertiary alicyclic amines) is 1. The molecule has 66 valence electrons. The highest BCUT2D eigenvalue weighted by Gasteiger charge is 2.34. The van der Waals surface area contributed by atoms with Gasteiger partial charge in [-0.25, -0.2) is 0 Å². The molecule has 1 heterocycles. The zero-order valence-electron chi connectivity index (χ0n) is 7.93. The molecule has 0 aromatic rings. The Bertz CT molecular complexity index is 132. The van der Waals surface area contributed by atoms with Gasteiger partial charge in [-0.05, 0) is 31.8 Å². The van der Waals surface area contributed by atoms with Crippen LogP contribution in [0.4, 0.5) is 0 Å². The van der Waals surface area contributed by atoms with Crippen LogP contribution in [0.15, 0.2) is 0 Å². The molecule has 1 saturated heterocycles. The van der Waals surface area contributed by atoms with E-state index < -0.39 is 0 Å². The van der Waals surface area contributed by atoms with Crippen LogP contribution in [0.2, 0.25) is 0 Å². The number of hydrogen-bond acceptors (Lipinski definition) is 2. The SMILES string of the molecule is CN1CCCC(C)(C)[C@H]1CN. The number of nitrogens with zero attached hydrogens (tertiary/aromatic N) is 1. The van der Waals surface area contributed by atoms with E-state index >= 15 is 0 Å². The maximum absolute atomic E-state index is 5.73. The maximum Gasteiger partial charge on any atom is 0.0266 e. The van der Waals surface area contributed by atoms with E-state index in [1.54, 1.807) is 0 Å². The summed E-state index contributed by atoms with van der Waals surface area (Å²) in [7, 11) is 2.18. The summed E-state index contributed by atoms with van der Waals surface area (Å²) in [4.78, 5) is 2.39. The summed E-state index contributed by atoms with van der Waals surface area (Å²) in [5, 5.41) is 0. The fourth-order valence-corrected chi connectivity index (χ4v) is 2.20. The van der Waals surface area contributed by atoms with Gasteiger partial charge in [0.25, 0.3) is 0 Å². The molecule has 0 bridgehead atoms. The van der Waals surface area contributed by atoms with E-state index in [1.165, 1.54) is 19.4 Å². The molecule has 11 heavy (non-hydrogen) atoms. The first-order valence-corrected chi connectivity index (χ1v) is 4.48. The van der Waals surface area contributed by atoms with Crippen molar-refractivity contribution < 1.29 is 0 Å². The normalized spacial score (nSPS) is 32.2. The summed E-state index contributed by atoms with van der Waals surface area (Å²) < 4.78 is 0. The van der Waals surface area contributed by atoms with Crippen LogP contribution in [-0.2, 0) is 0 Å². The zero-order chi connectivity index (χ0) is 8.48. The third-order valence-corrected chi connectivity index (χ3v) is 2.99. The topological polar surface area (TPSA) is 29.3 Å². The molecular formula is C9H20N2. The summed E-state index contributed by atoms with van der Waals surface area (Å²) in [6, 6.07) is 0.580. The first-order valence-electron chi connectivity index (χ1n) is 4.48. The summed E-state index contributed by atoms with van der Waals surface area (Å²) >= 11 is 0. The summed E-state index contributed by atoms with van der Waals surface area (Å²) in [5.74, 6) is 0. The average Bonchev–Trinajstić information content (AvgIpc) is 1.86. The number of nitrogens with two attached hydrogens (primary N) is 1. The van der Waals surface area contributed by atoms with Gasteiger partial charge in [-0.15, -0.1) is 0 Å². The Morgan fingerprint density at radius 1 is 1.55 bits per heavy atom. The van der Waals surface area contributed by atoms with Crippen molar-refractivity contribution in [3.05, 3.63) is 0 Å². The molecule has 1 aliphatic rings. The maximum atomic E-state index is 5.73. The first-order chi connectivity index (χ1) is 5.08. The standard InChI is InChI=1S/C9H20N2/c1-9(2)5-4-6-11(3)8(9)7-10/h8H,4-7,10H2,1-3H3/t8-/m1/s1. The second kappa shape index (κ2) is 3.11. The number of piperidine rings is 1. The first kappa shape index (κ1) is 9.01. The fourth-order valence-electron chi connectivity index (χ4n) is 2.20. The van der Waals surface area contributed by atoms with Gasteiger partial charge in [0.05, 0.1) is 0 Å². The van der Waals surface area contributed by atoms with Gasteiger partial charge in [-0.3, -0.25) is 0 Å². The molecule has 0 aromatic carbocycles. The summed E-state index contributed by atoms with van der Waals surface area (Å²) in [6.07, 6.45) is 2.64. The molecule has 0 aliphatic carbocycles. The van der Waals surface area contributed by atoms with Gasteiger partial charge in [-0.2, -0.15) is 0 Å². The van der Waals surface area contributed by atoms with E-state index in [1.807, 2.05) is 0 Å². The van der Waals surface area contributed by atoms with Crippen LogP contribution in [0.25, 0.3) is 0 Å². The molecule has 1 rings (SSSR count). The molecule has 0 aromatic heterocycles. The van der Waals surface area contributed by atoms with Crippen molar-refractivity contribution in [3.8, 4) is 0 Å². The largest absolute Gasteiger partial charge is 0.329 e. The van der Waals surface area contributed by atoms with Crippen LogP contribution in [0.5, 0.6) is 0 Å². The Morgan fingerprint density at radius 3 is 2.55 bits per heavy atom. The van der Waals surface area contributed by atoms with Gasteiger partial charge in [0.2, 0.25) is 0 Å². The van der Waals surface area contributed by atoms with Crippen molar-refractivity contribution in [1.82, 2.24) is 4.90 Å². The molecule has 1 fully saturated rings. The molecule has 2 heteroatoms. The minimum absolute atomic E-state index is 0.418. The highest BCUT2D eigenvalue weighted by atomic mass is 15.2. The van der Waals surface area contributed by atoms with Crippen molar-refractivity contribution >= 4 is 0 Å². The Kier molecular flexibility index (Phi) is 2.55. The third kappa shape index (κ3) is 1.74. The van der Waals surface area contributed by atoms with Crippen LogP contribution in [-0.4, -0.2) is 31.1 Å². The van der Waals surface area contributed by atoms with E-state index in [0.717, 1.165) is 6.54 Å². The number of likely N-dealkylation sites (N-methyl/N-ethyl adjacent to an activating group) is 1. The van der Waals surface area contributed by atoms with Crippen LogP contribution in [0.1, 0.15) is 26.7 Å². The lowest BCUT2D eigenvalue weighted by molar-refractivity contribution is 0.0643. The Labute approximate surface area is 69.8 Å². The predicted octanol–water partition coefficient (Wildman–Crippen LogP) is 1.07. The second-order valence-corrected chi connectivity index (χ2v) is 4.32. The van der Waals surface area contributed by atoms with Crippen LogP contribution in [0, 0.1) is 5.41 Å². The molecule has 2 nitrogen and oxygen atoms in total. The van der Waals surface area contributed by atoms with Gasteiger partial charge in [-0.1, -0.05) is 13.8 Å². The third-order valence-electron chi connectivity index (χ3n) is 2.99. The molecule has 0 amide bonds. The Hall–Kier alpha value is -0.0800. The predicted molar refractivity (Wildman–Crippen MR) is 48.5 cm³/mol. The quantitative estimate of drug-likeness (QED) is 0.615. The van der Waals surface area contributed by atoms with Crippen molar-refractivity contribution in [2.24, 2.45) is 11.1 Å². The van der Waals surface area contributed by atoms with Crippen LogP contribution >= 0.6 is 0 Å². The lowest BCUT2D eigenvalue weighted by Crippen LogP contribution is -2.51. The van der Waals surface area contributed by atoms with Gasteiger partial charge >= 0.3 is 0 Å². The van der Waals surface area contributed by atoms with Crippen LogP contribution < -0.4 is 5.73 Å². The van der Waals surface area contributed by atoms with E-state index in [9.17, 15) is 0 Å². The lowest BCUT2D eigenvalue weighted by atomic mass is 9.77. The molecule has 0 spiro atoms. The van der Waals surface area contributed by atoms with E-state index in [-0.39, 0.29) is 0 Å². The molecule has 0 unspecified atom stereocenters. The van der Waals surface area contributed by atoms with Gasteiger partial charge < -0.3 is 10.6 Å². The lowest BCUT2D eigenvalue weighted by Gasteiger charge is -2.44. The monoisotopic (exact) mass is 156 g/mol. The zero-order valence-corrected chi connectivity index (χ0v) is 7.93. The molecule has 1 aliphatic heterocycles. The molecule has 0 radical (unpaired) electrons. The van der Waals surface area contributed by atoms with Crippen LogP contribution in [0.3, 0.4) is 0 Å². The van der Waals surface area contributed by atoms with Crippen molar-refractivity contribution in [3.63, 3.8) is 0 Å². The highest BCUT2D eigenvalue weighted by molar-refractivity contribution is 4.89. The van der Waals surface area contributed by atoms with E-state index in [2.05, 4.69) is 25.8 Å². The summed E-state index contributed by atoms with van der Waals surface area (Å²) in [6.45, 7) is 6.65. The molecular weight excluding hydrogens is 136 g/mol. The van der Waals surface area contributed by atoms with Gasteiger partial charge in [0.1, 0.15) is 0 Å². The van der Waals surface area contributed by atoms with E-state index in [0.29, 0.717) is 11.5 Å². The minimum Gasteiger partial charge on any atom is -0.329 e. The average molecular weight is 156 g/mol. The fraction of sp³-hybridized carbons (Fsp3) is 1.00.